The lowest BCUT2D eigenvalue weighted by Crippen LogP contribution is -2.06. The van der Waals surface area contributed by atoms with E-state index in [4.69, 9.17) is 11.6 Å². The quantitative estimate of drug-likeness (QED) is 0.565. The molecule has 2 aromatic rings. The van der Waals surface area contributed by atoms with Crippen molar-refractivity contribution in [1.82, 2.24) is 0 Å². The number of rotatable bonds is 2. The van der Waals surface area contributed by atoms with Crippen molar-refractivity contribution in [3.63, 3.8) is 0 Å². The van der Waals surface area contributed by atoms with Gasteiger partial charge in [-0.2, -0.15) is 0 Å². The normalized spacial score (nSPS) is 10.6. The SMILES string of the molecule is O=C(c1cc(F)cc(F)c1)c1ccc(Br)c(Cl)c1F. The van der Waals surface area contributed by atoms with Crippen LogP contribution in [0.15, 0.2) is 34.8 Å². The minimum atomic E-state index is -0.939. The lowest BCUT2D eigenvalue weighted by Gasteiger charge is -2.06. The van der Waals surface area contributed by atoms with Crippen molar-refractivity contribution in [3.05, 3.63) is 68.4 Å². The summed E-state index contributed by atoms with van der Waals surface area (Å²) in [6, 6.07) is 4.87. The molecule has 1 nitrogen and oxygen atoms in total. The Labute approximate surface area is 120 Å². The Balaban J connectivity index is 2.53. The molecule has 19 heavy (non-hydrogen) atoms. The number of carbonyl (C=O) groups excluding carboxylic acids is 1. The van der Waals surface area contributed by atoms with Crippen LogP contribution >= 0.6 is 27.5 Å². The van der Waals surface area contributed by atoms with E-state index >= 15 is 0 Å². The summed E-state index contributed by atoms with van der Waals surface area (Å²) in [4.78, 5) is 12.0. The molecule has 0 aliphatic heterocycles. The van der Waals surface area contributed by atoms with Gasteiger partial charge in [-0.1, -0.05) is 11.6 Å². The van der Waals surface area contributed by atoms with E-state index in [9.17, 15) is 18.0 Å². The van der Waals surface area contributed by atoms with Crippen molar-refractivity contribution in [2.75, 3.05) is 0 Å². The smallest absolute Gasteiger partial charge is 0.196 e. The van der Waals surface area contributed by atoms with Gasteiger partial charge in [-0.25, -0.2) is 13.2 Å². The second-order valence-electron chi connectivity index (χ2n) is 3.71. The molecule has 0 aromatic heterocycles. The number of halogens is 5. The van der Waals surface area contributed by atoms with Crippen LogP contribution < -0.4 is 0 Å². The van der Waals surface area contributed by atoms with Gasteiger partial charge in [-0.3, -0.25) is 4.79 Å². The highest BCUT2D eigenvalue weighted by Gasteiger charge is 2.19. The first kappa shape index (κ1) is 14.1. The molecule has 0 saturated heterocycles. The highest BCUT2D eigenvalue weighted by atomic mass is 79.9. The Bertz CT molecular complexity index is 653. The lowest BCUT2D eigenvalue weighted by atomic mass is 10.0. The second-order valence-corrected chi connectivity index (χ2v) is 4.94. The van der Waals surface area contributed by atoms with Crippen LogP contribution in [0.4, 0.5) is 13.2 Å². The van der Waals surface area contributed by atoms with Gasteiger partial charge in [0.1, 0.15) is 11.6 Å². The first-order valence-electron chi connectivity index (χ1n) is 5.04. The van der Waals surface area contributed by atoms with Gasteiger partial charge >= 0.3 is 0 Å². The largest absolute Gasteiger partial charge is 0.288 e. The van der Waals surface area contributed by atoms with Crippen molar-refractivity contribution >= 4 is 33.3 Å². The van der Waals surface area contributed by atoms with Crippen LogP contribution in [0.3, 0.4) is 0 Å². The topological polar surface area (TPSA) is 17.1 Å². The summed E-state index contributed by atoms with van der Waals surface area (Å²) in [5.74, 6) is -3.60. The maximum Gasteiger partial charge on any atom is 0.196 e. The summed E-state index contributed by atoms with van der Waals surface area (Å²) in [6.45, 7) is 0. The minimum Gasteiger partial charge on any atom is -0.288 e. The maximum absolute atomic E-state index is 13.8. The molecule has 0 aliphatic carbocycles. The van der Waals surface area contributed by atoms with Gasteiger partial charge in [0.15, 0.2) is 11.6 Å². The highest BCUT2D eigenvalue weighted by Crippen LogP contribution is 2.28. The van der Waals surface area contributed by atoms with Crippen LogP contribution in [0.5, 0.6) is 0 Å². The molecular formula is C13H5BrClF3O. The summed E-state index contributed by atoms with van der Waals surface area (Å²) in [5, 5.41) is -0.261. The minimum absolute atomic E-state index is 0.261. The number of ketones is 1. The number of hydrogen-bond donors (Lipinski definition) is 0. The first-order valence-corrected chi connectivity index (χ1v) is 6.21. The fourth-order valence-corrected chi connectivity index (χ4v) is 2.01. The van der Waals surface area contributed by atoms with Gasteiger partial charge < -0.3 is 0 Å². The summed E-state index contributed by atoms with van der Waals surface area (Å²) >= 11 is 8.66. The molecule has 6 heteroatoms. The number of carbonyl (C=O) groups is 1. The zero-order valence-corrected chi connectivity index (χ0v) is 11.5. The third kappa shape index (κ3) is 2.82. The van der Waals surface area contributed by atoms with E-state index < -0.39 is 23.2 Å². The Morgan fingerprint density at radius 2 is 1.63 bits per heavy atom. The van der Waals surface area contributed by atoms with Crippen molar-refractivity contribution in [2.24, 2.45) is 0 Å². The van der Waals surface area contributed by atoms with Gasteiger partial charge in [0.25, 0.3) is 0 Å². The average Bonchev–Trinajstić information content (AvgIpc) is 2.34. The van der Waals surface area contributed by atoms with Crippen LogP contribution in [0.2, 0.25) is 5.02 Å². The molecule has 0 heterocycles. The third-order valence-electron chi connectivity index (χ3n) is 2.40. The Kier molecular flexibility index (Phi) is 3.96. The average molecular weight is 350 g/mol. The molecular weight excluding hydrogens is 344 g/mol. The predicted octanol–water partition coefficient (Wildman–Crippen LogP) is 4.75. The molecule has 0 aliphatic rings. The van der Waals surface area contributed by atoms with E-state index in [1.165, 1.54) is 12.1 Å². The summed E-state index contributed by atoms with van der Waals surface area (Å²) < 4.78 is 40.2. The van der Waals surface area contributed by atoms with Gasteiger partial charge in [-0.05, 0) is 40.2 Å². The zero-order valence-electron chi connectivity index (χ0n) is 9.18. The summed E-state index contributed by atoms with van der Waals surface area (Å²) in [5.41, 5.74) is -0.631. The maximum atomic E-state index is 13.8. The van der Waals surface area contributed by atoms with E-state index in [2.05, 4.69) is 15.9 Å². The number of hydrogen-bond acceptors (Lipinski definition) is 1. The molecule has 0 bridgehead atoms. The molecule has 0 spiro atoms. The zero-order chi connectivity index (χ0) is 14.2. The Morgan fingerprint density at radius 1 is 1.05 bits per heavy atom. The standard InChI is InChI=1S/C13H5BrClF3O/c14-10-2-1-9(12(18)11(10)15)13(19)6-3-7(16)5-8(17)4-6/h1-5H. The Morgan fingerprint density at radius 3 is 2.21 bits per heavy atom. The van der Waals surface area contributed by atoms with E-state index in [0.29, 0.717) is 6.07 Å². The molecule has 2 rings (SSSR count). The van der Waals surface area contributed by atoms with Crippen molar-refractivity contribution in [2.45, 2.75) is 0 Å². The fraction of sp³-hybridized carbons (Fsp3) is 0. The molecule has 0 fully saturated rings. The van der Waals surface area contributed by atoms with E-state index in [1.807, 2.05) is 0 Å². The van der Waals surface area contributed by atoms with Crippen molar-refractivity contribution in [1.29, 1.82) is 0 Å². The second kappa shape index (κ2) is 5.35. The molecule has 0 atom stereocenters. The van der Waals surface area contributed by atoms with Gasteiger partial charge in [0.2, 0.25) is 0 Å². The van der Waals surface area contributed by atoms with Crippen LogP contribution in [-0.2, 0) is 0 Å². The first-order chi connectivity index (χ1) is 8.90. The molecule has 0 saturated carbocycles. The molecule has 0 radical (unpaired) electrons. The van der Waals surface area contributed by atoms with Crippen LogP contribution in [-0.4, -0.2) is 5.78 Å². The summed E-state index contributed by atoms with van der Waals surface area (Å²) in [7, 11) is 0. The summed E-state index contributed by atoms with van der Waals surface area (Å²) in [6.07, 6.45) is 0. The molecule has 0 amide bonds. The Hall–Kier alpha value is -1.33. The van der Waals surface area contributed by atoms with Crippen LogP contribution in [0, 0.1) is 17.5 Å². The van der Waals surface area contributed by atoms with Gasteiger partial charge in [-0.15, -0.1) is 0 Å². The third-order valence-corrected chi connectivity index (χ3v) is 3.66. The lowest BCUT2D eigenvalue weighted by molar-refractivity contribution is 0.103. The highest BCUT2D eigenvalue weighted by molar-refractivity contribution is 9.10. The monoisotopic (exact) mass is 348 g/mol. The van der Waals surface area contributed by atoms with Crippen molar-refractivity contribution < 1.29 is 18.0 Å². The number of benzene rings is 2. The molecule has 2 aromatic carbocycles. The molecule has 98 valence electrons. The van der Waals surface area contributed by atoms with Crippen molar-refractivity contribution in [3.8, 4) is 0 Å². The van der Waals surface area contributed by atoms with Crippen LogP contribution in [0.1, 0.15) is 15.9 Å². The van der Waals surface area contributed by atoms with E-state index in [-0.39, 0.29) is 20.6 Å². The fourth-order valence-electron chi connectivity index (χ4n) is 1.54. The molecule has 0 unspecified atom stereocenters. The van der Waals surface area contributed by atoms with E-state index in [1.54, 1.807) is 0 Å². The van der Waals surface area contributed by atoms with E-state index in [0.717, 1.165) is 12.1 Å². The van der Waals surface area contributed by atoms with Crippen LogP contribution in [0.25, 0.3) is 0 Å². The van der Waals surface area contributed by atoms with Gasteiger partial charge in [0.05, 0.1) is 10.6 Å². The van der Waals surface area contributed by atoms with Gasteiger partial charge in [0, 0.05) is 16.1 Å². The predicted molar refractivity (Wildman–Crippen MR) is 68.9 cm³/mol. The molecule has 0 N–H and O–H groups in total.